The van der Waals surface area contributed by atoms with Gasteiger partial charge < -0.3 is 9.84 Å². The highest BCUT2D eigenvalue weighted by molar-refractivity contribution is 5.63. The fourth-order valence-corrected chi connectivity index (χ4v) is 1.24. The average molecular weight is 274 g/mol. The number of rotatable bonds is 1. The minimum atomic E-state index is -5.39. The molecule has 1 aromatic rings. The van der Waals surface area contributed by atoms with Crippen LogP contribution in [0.25, 0.3) is 0 Å². The van der Waals surface area contributed by atoms with Gasteiger partial charge in [-0.2, -0.15) is 26.3 Å². The second kappa shape index (κ2) is 4.39. The molecule has 100 valence electrons. The van der Waals surface area contributed by atoms with E-state index in [1.54, 1.807) is 0 Å². The molecule has 0 saturated carbocycles. The topological polar surface area (TPSA) is 46.5 Å². The third kappa shape index (κ3) is 3.05. The van der Waals surface area contributed by atoms with Gasteiger partial charge in [0.1, 0.15) is 11.3 Å². The van der Waals surface area contributed by atoms with E-state index in [9.17, 15) is 31.1 Å². The second-order valence-electron chi connectivity index (χ2n) is 3.04. The van der Waals surface area contributed by atoms with Gasteiger partial charge in [0.2, 0.25) is 0 Å². The molecule has 0 saturated heterocycles. The molecule has 0 bridgehead atoms. The molecule has 18 heavy (non-hydrogen) atoms. The van der Waals surface area contributed by atoms with Gasteiger partial charge in [0.15, 0.2) is 0 Å². The highest BCUT2D eigenvalue weighted by Gasteiger charge is 2.45. The van der Waals surface area contributed by atoms with Gasteiger partial charge in [-0.15, -0.1) is 0 Å². The number of carbonyl (C=O) groups is 1. The van der Waals surface area contributed by atoms with Gasteiger partial charge in [0.05, 0.1) is 5.56 Å². The smallest absolute Gasteiger partial charge is 0.449 e. The summed E-state index contributed by atoms with van der Waals surface area (Å²) in [4.78, 5) is 10.1. The molecule has 0 aliphatic carbocycles. The molecular weight excluding hydrogens is 270 g/mol. The first kappa shape index (κ1) is 14.1. The molecule has 9 heteroatoms. The molecule has 1 aromatic carbocycles. The molecule has 0 amide bonds. The summed E-state index contributed by atoms with van der Waals surface area (Å²) in [6.07, 6.45) is -12.8. The van der Waals surface area contributed by atoms with Crippen LogP contribution in [0.4, 0.5) is 31.1 Å². The molecule has 1 N–H and O–H groups in total. The SMILES string of the molecule is O=C(O)Oc1cccc(C(F)(F)F)c1C(F)(F)F. The predicted molar refractivity (Wildman–Crippen MR) is 45.1 cm³/mol. The Morgan fingerprint density at radius 3 is 2.00 bits per heavy atom. The van der Waals surface area contributed by atoms with Gasteiger partial charge in [-0.1, -0.05) is 6.07 Å². The Morgan fingerprint density at radius 2 is 1.61 bits per heavy atom. The molecule has 1 rings (SSSR count). The van der Waals surface area contributed by atoms with Crippen LogP contribution in [-0.2, 0) is 12.4 Å². The number of ether oxygens (including phenoxy) is 1. The maximum absolute atomic E-state index is 12.5. The van der Waals surface area contributed by atoms with Crippen LogP contribution in [0.3, 0.4) is 0 Å². The molecule has 3 nitrogen and oxygen atoms in total. The van der Waals surface area contributed by atoms with Crippen LogP contribution in [-0.4, -0.2) is 11.3 Å². The summed E-state index contributed by atoms with van der Waals surface area (Å²) in [5, 5.41) is 8.18. The van der Waals surface area contributed by atoms with Crippen LogP contribution in [0.2, 0.25) is 0 Å². The van der Waals surface area contributed by atoms with Crippen molar-refractivity contribution in [1.82, 2.24) is 0 Å². The number of benzene rings is 1. The van der Waals surface area contributed by atoms with Crippen LogP contribution in [0.1, 0.15) is 11.1 Å². The fourth-order valence-electron chi connectivity index (χ4n) is 1.24. The average Bonchev–Trinajstić information content (AvgIpc) is 2.13. The van der Waals surface area contributed by atoms with Crippen LogP contribution in [0.5, 0.6) is 5.75 Å². The lowest BCUT2D eigenvalue weighted by atomic mass is 10.1. The number of halogens is 6. The number of alkyl halides is 6. The van der Waals surface area contributed by atoms with Crippen molar-refractivity contribution < 1.29 is 41.0 Å². The standard InChI is InChI=1S/C9H4F6O3/c10-8(11,12)4-2-1-3-5(18-7(16)17)6(4)9(13,14)15/h1-3H,(H,16,17). The third-order valence-corrected chi connectivity index (χ3v) is 1.81. The predicted octanol–water partition coefficient (Wildman–Crippen LogP) is 3.78. The van der Waals surface area contributed by atoms with Crippen molar-refractivity contribution in [3.05, 3.63) is 29.3 Å². The molecule has 0 unspecified atom stereocenters. The zero-order valence-corrected chi connectivity index (χ0v) is 8.26. The number of hydrogen-bond acceptors (Lipinski definition) is 2. The lowest BCUT2D eigenvalue weighted by Crippen LogP contribution is -2.19. The molecule has 0 aromatic heterocycles. The summed E-state index contributed by atoms with van der Waals surface area (Å²) in [7, 11) is 0. The maximum atomic E-state index is 12.5. The first-order valence-corrected chi connectivity index (χ1v) is 4.21. The first-order chi connectivity index (χ1) is 8.03. The van der Waals surface area contributed by atoms with Crippen molar-refractivity contribution in [3.63, 3.8) is 0 Å². The normalized spacial score (nSPS) is 12.3. The molecule has 0 fully saturated rings. The van der Waals surface area contributed by atoms with Crippen molar-refractivity contribution in [2.75, 3.05) is 0 Å². The second-order valence-corrected chi connectivity index (χ2v) is 3.04. The van der Waals surface area contributed by atoms with Crippen LogP contribution >= 0.6 is 0 Å². The summed E-state index contributed by atoms with van der Waals surface area (Å²) in [5.74, 6) is -1.41. The lowest BCUT2D eigenvalue weighted by Gasteiger charge is -2.17. The quantitative estimate of drug-likeness (QED) is 0.481. The molecule has 0 heterocycles. The Balaban J connectivity index is 3.50. The monoisotopic (exact) mass is 274 g/mol. The molecule has 0 aliphatic rings. The van der Waals surface area contributed by atoms with Gasteiger partial charge >= 0.3 is 18.5 Å². The Labute approximate surface area is 95.6 Å². The van der Waals surface area contributed by atoms with Gasteiger partial charge in [0.25, 0.3) is 0 Å². The Bertz CT molecular complexity index is 462. The minimum Gasteiger partial charge on any atom is -0.449 e. The van der Waals surface area contributed by atoms with E-state index in [0.29, 0.717) is 12.1 Å². The zero-order valence-electron chi connectivity index (χ0n) is 8.26. The van der Waals surface area contributed by atoms with E-state index >= 15 is 0 Å². The van der Waals surface area contributed by atoms with Crippen LogP contribution < -0.4 is 4.74 Å². The zero-order chi connectivity index (χ0) is 14.1. The molecule has 0 atom stereocenters. The van der Waals surface area contributed by atoms with Crippen molar-refractivity contribution in [1.29, 1.82) is 0 Å². The molecule has 0 aliphatic heterocycles. The van der Waals surface area contributed by atoms with E-state index in [1.165, 1.54) is 0 Å². The van der Waals surface area contributed by atoms with Gasteiger partial charge in [-0.3, -0.25) is 0 Å². The van der Waals surface area contributed by atoms with E-state index in [1.807, 2.05) is 0 Å². The first-order valence-electron chi connectivity index (χ1n) is 4.21. The van der Waals surface area contributed by atoms with E-state index in [2.05, 4.69) is 4.74 Å². The molecule has 0 radical (unpaired) electrons. The van der Waals surface area contributed by atoms with Gasteiger partial charge in [-0.05, 0) is 12.1 Å². The van der Waals surface area contributed by atoms with Crippen molar-refractivity contribution in [2.24, 2.45) is 0 Å². The van der Waals surface area contributed by atoms with E-state index < -0.39 is 35.4 Å². The van der Waals surface area contributed by atoms with Crippen molar-refractivity contribution >= 4 is 6.16 Å². The largest absolute Gasteiger partial charge is 0.511 e. The van der Waals surface area contributed by atoms with Gasteiger partial charge in [-0.25, -0.2) is 4.79 Å². The summed E-state index contributed by atoms with van der Waals surface area (Å²) < 4.78 is 78.4. The minimum absolute atomic E-state index is 0.192. The number of carboxylic acid groups (broad SMARTS) is 1. The summed E-state index contributed by atoms with van der Waals surface area (Å²) >= 11 is 0. The summed E-state index contributed by atoms with van der Waals surface area (Å²) in [6.45, 7) is 0. The highest BCUT2D eigenvalue weighted by atomic mass is 19.4. The van der Waals surface area contributed by atoms with E-state index in [0.717, 1.165) is 0 Å². The Kier molecular flexibility index (Phi) is 3.45. The van der Waals surface area contributed by atoms with Crippen molar-refractivity contribution in [2.45, 2.75) is 12.4 Å². The fraction of sp³-hybridized carbons (Fsp3) is 0.222. The Morgan fingerprint density at radius 1 is 1.06 bits per heavy atom. The Hall–Kier alpha value is -1.93. The molecule has 0 spiro atoms. The van der Waals surface area contributed by atoms with E-state index in [-0.39, 0.29) is 6.07 Å². The van der Waals surface area contributed by atoms with E-state index in [4.69, 9.17) is 5.11 Å². The van der Waals surface area contributed by atoms with Crippen LogP contribution in [0.15, 0.2) is 18.2 Å². The summed E-state index contributed by atoms with van der Waals surface area (Å²) in [6, 6.07) is 1.31. The maximum Gasteiger partial charge on any atom is 0.511 e. The highest BCUT2D eigenvalue weighted by Crippen LogP contribution is 2.44. The summed E-state index contributed by atoms with van der Waals surface area (Å²) in [5.41, 5.74) is -4.17. The lowest BCUT2D eigenvalue weighted by molar-refractivity contribution is -0.162. The number of hydrogen-bond donors (Lipinski definition) is 1. The van der Waals surface area contributed by atoms with Crippen LogP contribution in [0, 0.1) is 0 Å². The van der Waals surface area contributed by atoms with Crippen molar-refractivity contribution in [3.8, 4) is 5.75 Å². The van der Waals surface area contributed by atoms with Gasteiger partial charge in [0, 0.05) is 0 Å². The third-order valence-electron chi connectivity index (χ3n) is 1.81. The molecular formula is C9H4F6O3.